The fourth-order valence-corrected chi connectivity index (χ4v) is 2.98. The third-order valence-electron chi connectivity index (χ3n) is 4.34. The van der Waals surface area contributed by atoms with Crippen LogP contribution in [0.5, 0.6) is 0 Å². The quantitative estimate of drug-likeness (QED) is 0.438. The highest BCUT2D eigenvalue weighted by atomic mass is 19.3. The number of nitrogens with one attached hydrogen (secondary N) is 2. The van der Waals surface area contributed by atoms with Gasteiger partial charge in [-0.3, -0.25) is 9.89 Å². The van der Waals surface area contributed by atoms with E-state index in [1.165, 1.54) is 12.1 Å². The van der Waals surface area contributed by atoms with Crippen LogP contribution in [0.4, 0.5) is 17.6 Å². The Labute approximate surface area is 151 Å². The van der Waals surface area contributed by atoms with E-state index in [2.05, 4.69) is 15.6 Å². The molecule has 0 spiro atoms. The zero-order chi connectivity index (χ0) is 18.9. The van der Waals surface area contributed by atoms with Gasteiger partial charge in [0.15, 0.2) is 5.96 Å². The van der Waals surface area contributed by atoms with Crippen molar-refractivity contribution in [1.29, 1.82) is 0 Å². The van der Waals surface area contributed by atoms with Gasteiger partial charge >= 0.3 is 0 Å². The topological polar surface area (TPSA) is 39.7 Å². The van der Waals surface area contributed by atoms with Gasteiger partial charge in [0.25, 0.3) is 6.43 Å². The molecule has 0 radical (unpaired) electrons. The Hall–Kier alpha value is -1.83. The molecule has 26 heavy (non-hydrogen) atoms. The molecule has 146 valence electrons. The molecule has 0 aromatic heterocycles. The minimum Gasteiger partial charge on any atom is -0.357 e. The van der Waals surface area contributed by atoms with Crippen LogP contribution >= 0.6 is 0 Å². The van der Waals surface area contributed by atoms with E-state index < -0.39 is 18.1 Å². The maximum atomic E-state index is 13.6. The smallest absolute Gasteiger partial charge is 0.251 e. The second-order valence-corrected chi connectivity index (χ2v) is 6.36. The molecule has 1 heterocycles. The molecule has 0 amide bonds. The van der Waals surface area contributed by atoms with Crippen molar-refractivity contribution in [2.45, 2.75) is 38.7 Å². The van der Waals surface area contributed by atoms with Crippen molar-refractivity contribution in [1.82, 2.24) is 15.5 Å². The Balaban J connectivity index is 1.83. The van der Waals surface area contributed by atoms with Gasteiger partial charge in [0, 0.05) is 38.3 Å². The molecule has 2 rings (SSSR count). The molecule has 0 saturated carbocycles. The molecule has 0 aliphatic carbocycles. The lowest BCUT2D eigenvalue weighted by molar-refractivity contribution is 0.0744. The zero-order valence-electron chi connectivity index (χ0n) is 14.9. The first-order chi connectivity index (χ1) is 12.5. The van der Waals surface area contributed by atoms with Crippen molar-refractivity contribution in [3.8, 4) is 0 Å². The average Bonchev–Trinajstić information content (AvgIpc) is 2.58. The number of benzene rings is 1. The van der Waals surface area contributed by atoms with Crippen LogP contribution in [-0.4, -0.2) is 56.1 Å². The molecule has 8 heteroatoms. The average molecular weight is 374 g/mol. The van der Waals surface area contributed by atoms with Crippen molar-refractivity contribution in [2.75, 3.05) is 32.7 Å². The summed E-state index contributed by atoms with van der Waals surface area (Å²) >= 11 is 0. The van der Waals surface area contributed by atoms with Crippen molar-refractivity contribution < 1.29 is 17.6 Å². The number of nitrogens with zero attached hydrogens (tertiary/aromatic N) is 2. The second kappa shape index (κ2) is 10.4. The normalized spacial score (nSPS) is 16.9. The highest BCUT2D eigenvalue weighted by Crippen LogP contribution is 2.12. The molecule has 0 atom stereocenters. The van der Waals surface area contributed by atoms with Crippen LogP contribution in [0.1, 0.15) is 25.3 Å². The van der Waals surface area contributed by atoms with Gasteiger partial charge in [-0.1, -0.05) is 6.07 Å². The number of rotatable bonds is 7. The molecule has 0 bridgehead atoms. The summed E-state index contributed by atoms with van der Waals surface area (Å²) in [6.07, 6.45) is -0.395. The van der Waals surface area contributed by atoms with Gasteiger partial charge in [0.1, 0.15) is 11.6 Å². The lowest BCUT2D eigenvalue weighted by atomic mass is 10.1. The maximum absolute atomic E-state index is 13.6. The first kappa shape index (κ1) is 20.5. The van der Waals surface area contributed by atoms with E-state index in [0.29, 0.717) is 44.1 Å². The molecule has 1 fully saturated rings. The van der Waals surface area contributed by atoms with Gasteiger partial charge in [-0.05, 0) is 37.8 Å². The Morgan fingerprint density at radius 1 is 1.27 bits per heavy atom. The van der Waals surface area contributed by atoms with Gasteiger partial charge < -0.3 is 10.6 Å². The van der Waals surface area contributed by atoms with Gasteiger partial charge in [0.05, 0.1) is 6.54 Å². The van der Waals surface area contributed by atoms with Gasteiger partial charge in [-0.15, -0.1) is 0 Å². The van der Waals surface area contributed by atoms with Gasteiger partial charge in [0.2, 0.25) is 0 Å². The molecule has 2 N–H and O–H groups in total. The second-order valence-electron chi connectivity index (χ2n) is 6.36. The fraction of sp³-hybridized carbons (Fsp3) is 0.611. The molecule has 4 nitrogen and oxygen atoms in total. The van der Waals surface area contributed by atoms with Crippen molar-refractivity contribution in [3.05, 3.63) is 35.4 Å². The fourth-order valence-electron chi connectivity index (χ4n) is 2.98. The summed E-state index contributed by atoms with van der Waals surface area (Å²) < 4.78 is 51.4. The summed E-state index contributed by atoms with van der Waals surface area (Å²) in [5, 5.41) is 6.45. The van der Waals surface area contributed by atoms with Crippen LogP contribution in [0.15, 0.2) is 23.2 Å². The molecular weight excluding hydrogens is 348 g/mol. The van der Waals surface area contributed by atoms with E-state index in [1.807, 2.05) is 6.92 Å². The number of halogens is 4. The van der Waals surface area contributed by atoms with Crippen molar-refractivity contribution in [2.24, 2.45) is 4.99 Å². The van der Waals surface area contributed by atoms with Gasteiger partial charge in [-0.2, -0.15) is 0 Å². The van der Waals surface area contributed by atoms with Crippen LogP contribution in [0.2, 0.25) is 0 Å². The Morgan fingerprint density at radius 2 is 2.00 bits per heavy atom. The van der Waals surface area contributed by atoms with Gasteiger partial charge in [-0.25, -0.2) is 17.6 Å². The standard InChI is InChI=1S/C18H26F4N4/c1-2-23-18(24-8-5-13-3-4-14(19)11-16(13)20)25-15-6-9-26(10-7-15)12-17(21)22/h3-4,11,15,17H,2,5-10,12H2,1H3,(H2,23,24,25). The van der Waals surface area contributed by atoms with Crippen LogP contribution in [-0.2, 0) is 6.42 Å². The summed E-state index contributed by atoms with van der Waals surface area (Å²) in [7, 11) is 0. The predicted molar refractivity (Wildman–Crippen MR) is 94.6 cm³/mol. The summed E-state index contributed by atoms with van der Waals surface area (Å²) in [4.78, 5) is 6.20. The Morgan fingerprint density at radius 3 is 2.62 bits per heavy atom. The van der Waals surface area contributed by atoms with Crippen molar-refractivity contribution in [3.63, 3.8) is 0 Å². The highest BCUT2D eigenvalue weighted by molar-refractivity contribution is 5.80. The number of alkyl halides is 2. The monoisotopic (exact) mass is 374 g/mol. The number of hydrogen-bond donors (Lipinski definition) is 2. The summed E-state index contributed by atoms with van der Waals surface area (Å²) in [5.41, 5.74) is 0.423. The van der Waals surface area contributed by atoms with Crippen LogP contribution in [0, 0.1) is 11.6 Å². The molecule has 1 aromatic rings. The molecule has 1 aliphatic rings. The van der Waals surface area contributed by atoms with E-state index in [4.69, 9.17) is 0 Å². The molecular formula is C18H26F4N4. The molecule has 1 aromatic carbocycles. The van der Waals surface area contributed by atoms with Crippen LogP contribution in [0.25, 0.3) is 0 Å². The van der Waals surface area contributed by atoms with E-state index in [0.717, 1.165) is 18.9 Å². The highest BCUT2D eigenvalue weighted by Gasteiger charge is 2.21. The largest absolute Gasteiger partial charge is 0.357 e. The first-order valence-corrected chi connectivity index (χ1v) is 8.97. The van der Waals surface area contributed by atoms with E-state index in [-0.39, 0.29) is 12.6 Å². The predicted octanol–water partition coefficient (Wildman–Crippen LogP) is 2.79. The van der Waals surface area contributed by atoms with E-state index >= 15 is 0 Å². The summed E-state index contributed by atoms with van der Waals surface area (Å²) in [5.74, 6) is -0.533. The minimum atomic E-state index is -2.30. The number of hydrogen-bond acceptors (Lipinski definition) is 2. The van der Waals surface area contributed by atoms with Crippen molar-refractivity contribution >= 4 is 5.96 Å². The number of piperidine rings is 1. The number of guanidine groups is 1. The number of aliphatic imine (C=N–C) groups is 1. The number of likely N-dealkylation sites (tertiary alicyclic amines) is 1. The van der Waals surface area contributed by atoms with Crippen LogP contribution in [0.3, 0.4) is 0 Å². The maximum Gasteiger partial charge on any atom is 0.251 e. The van der Waals surface area contributed by atoms with Crippen LogP contribution < -0.4 is 10.6 Å². The molecule has 1 aliphatic heterocycles. The summed E-state index contributed by atoms with van der Waals surface area (Å²) in [6, 6.07) is 3.71. The lowest BCUT2D eigenvalue weighted by Crippen LogP contribution is -2.49. The first-order valence-electron chi connectivity index (χ1n) is 8.97. The molecule has 1 saturated heterocycles. The lowest BCUT2D eigenvalue weighted by Gasteiger charge is -2.32. The molecule has 0 unspecified atom stereocenters. The van der Waals surface area contributed by atoms with E-state index in [9.17, 15) is 17.6 Å². The third-order valence-corrected chi connectivity index (χ3v) is 4.34. The SMILES string of the molecule is CCNC(=NCCc1ccc(F)cc1F)NC1CCN(CC(F)F)CC1. The summed E-state index contributed by atoms with van der Waals surface area (Å²) in [6.45, 7) is 4.07. The zero-order valence-corrected chi connectivity index (χ0v) is 14.9. The van der Waals surface area contributed by atoms with E-state index in [1.54, 1.807) is 4.90 Å². The Bertz CT molecular complexity index is 587. The minimum absolute atomic E-state index is 0.171. The Kier molecular flexibility index (Phi) is 8.15. The third kappa shape index (κ3) is 6.82.